The predicted octanol–water partition coefficient (Wildman–Crippen LogP) is 1.57. The monoisotopic (exact) mass is 264 g/mol. The number of amides is 1. The van der Waals surface area contributed by atoms with Crippen LogP contribution in [0.4, 0.5) is 5.69 Å². The Kier molecular flexibility index (Phi) is 5.85. The van der Waals surface area contributed by atoms with E-state index >= 15 is 0 Å². The third-order valence-corrected chi connectivity index (χ3v) is 2.87. The van der Waals surface area contributed by atoms with Gasteiger partial charge in [-0.2, -0.15) is 0 Å². The largest absolute Gasteiger partial charge is 0.481 e. The van der Waals surface area contributed by atoms with Gasteiger partial charge in [-0.3, -0.25) is 9.59 Å². The summed E-state index contributed by atoms with van der Waals surface area (Å²) in [6.45, 7) is 3.94. The number of carbonyl (C=O) groups excluding carboxylic acids is 1. The van der Waals surface area contributed by atoms with Gasteiger partial charge in [0.05, 0.1) is 12.5 Å². The number of hydrogen-bond donors (Lipinski definition) is 3. The molecule has 1 amide bonds. The Morgan fingerprint density at radius 2 is 1.84 bits per heavy atom. The number of anilines is 1. The molecule has 0 bridgehead atoms. The van der Waals surface area contributed by atoms with Gasteiger partial charge in [0.25, 0.3) is 0 Å². The Morgan fingerprint density at radius 1 is 1.21 bits per heavy atom. The Morgan fingerprint density at radius 3 is 2.37 bits per heavy atom. The van der Waals surface area contributed by atoms with Crippen LogP contribution in [0, 0.1) is 11.8 Å². The zero-order chi connectivity index (χ0) is 14.3. The Labute approximate surface area is 113 Å². The normalized spacial score (nSPS) is 11.9. The number of nitrogens with one attached hydrogen (secondary N) is 2. The fraction of sp³-hybridized carbons (Fsp3) is 0.429. The quantitative estimate of drug-likeness (QED) is 0.698. The van der Waals surface area contributed by atoms with Crippen LogP contribution in [0.3, 0.4) is 0 Å². The summed E-state index contributed by atoms with van der Waals surface area (Å²) in [7, 11) is 0. The molecule has 1 unspecified atom stereocenters. The van der Waals surface area contributed by atoms with E-state index < -0.39 is 11.9 Å². The summed E-state index contributed by atoms with van der Waals surface area (Å²) < 4.78 is 0. The molecule has 0 heterocycles. The smallest absolute Gasteiger partial charge is 0.308 e. The molecule has 0 saturated carbocycles. The van der Waals surface area contributed by atoms with Crippen LogP contribution in [-0.2, 0) is 9.59 Å². The molecule has 0 aliphatic carbocycles. The molecular weight excluding hydrogens is 244 g/mol. The lowest BCUT2D eigenvalue weighted by Crippen LogP contribution is -2.38. The Hall–Kier alpha value is -2.04. The van der Waals surface area contributed by atoms with Gasteiger partial charge in [0, 0.05) is 12.2 Å². The molecule has 0 saturated heterocycles. The number of aliphatic carboxylic acids is 1. The van der Waals surface area contributed by atoms with Crippen molar-refractivity contribution in [3.63, 3.8) is 0 Å². The van der Waals surface area contributed by atoms with Crippen molar-refractivity contribution in [2.75, 3.05) is 18.4 Å². The van der Waals surface area contributed by atoms with Crippen molar-refractivity contribution in [2.45, 2.75) is 13.8 Å². The van der Waals surface area contributed by atoms with Crippen LogP contribution in [0.15, 0.2) is 30.3 Å². The molecule has 3 N–H and O–H groups in total. The van der Waals surface area contributed by atoms with Gasteiger partial charge < -0.3 is 15.7 Å². The minimum absolute atomic E-state index is 0.0140. The topological polar surface area (TPSA) is 78.4 Å². The second kappa shape index (κ2) is 7.41. The third-order valence-electron chi connectivity index (χ3n) is 2.87. The number of carboxylic acid groups (broad SMARTS) is 1. The maximum absolute atomic E-state index is 11.6. The SMILES string of the molecule is CC(C)C(CNC(=O)CNc1ccccc1)C(=O)O. The van der Waals surface area contributed by atoms with Gasteiger partial charge in [-0.1, -0.05) is 32.0 Å². The Bertz CT molecular complexity index is 418. The fourth-order valence-electron chi connectivity index (χ4n) is 1.63. The van der Waals surface area contributed by atoms with E-state index in [9.17, 15) is 9.59 Å². The maximum atomic E-state index is 11.6. The predicted molar refractivity (Wildman–Crippen MR) is 73.9 cm³/mol. The summed E-state index contributed by atoms with van der Waals surface area (Å²) in [5.41, 5.74) is 0.858. The molecule has 0 aliphatic rings. The molecule has 1 atom stereocenters. The van der Waals surface area contributed by atoms with Crippen LogP contribution >= 0.6 is 0 Å². The van der Waals surface area contributed by atoms with E-state index in [1.54, 1.807) is 0 Å². The first-order valence-corrected chi connectivity index (χ1v) is 6.29. The minimum Gasteiger partial charge on any atom is -0.481 e. The molecule has 1 aromatic carbocycles. The number of hydrogen-bond acceptors (Lipinski definition) is 3. The van der Waals surface area contributed by atoms with Gasteiger partial charge >= 0.3 is 5.97 Å². The average Bonchev–Trinajstić information content (AvgIpc) is 2.37. The molecule has 5 heteroatoms. The van der Waals surface area contributed by atoms with Crippen LogP contribution in [0.25, 0.3) is 0 Å². The molecule has 5 nitrogen and oxygen atoms in total. The first kappa shape index (κ1) is 15.0. The van der Waals surface area contributed by atoms with E-state index in [0.29, 0.717) is 0 Å². The molecule has 19 heavy (non-hydrogen) atoms. The molecule has 0 fully saturated rings. The summed E-state index contributed by atoms with van der Waals surface area (Å²) in [6.07, 6.45) is 0. The van der Waals surface area contributed by atoms with Crippen molar-refractivity contribution >= 4 is 17.6 Å². The van der Waals surface area contributed by atoms with E-state index in [-0.39, 0.29) is 24.9 Å². The van der Waals surface area contributed by atoms with Gasteiger partial charge in [-0.15, -0.1) is 0 Å². The molecule has 0 aromatic heterocycles. The molecule has 0 aliphatic heterocycles. The number of benzene rings is 1. The van der Waals surface area contributed by atoms with Gasteiger partial charge in [-0.25, -0.2) is 0 Å². The van der Waals surface area contributed by atoms with E-state index in [0.717, 1.165) is 5.69 Å². The first-order chi connectivity index (χ1) is 9.00. The number of rotatable bonds is 7. The van der Waals surface area contributed by atoms with Crippen LogP contribution in [-0.4, -0.2) is 30.1 Å². The second-order valence-corrected chi connectivity index (χ2v) is 4.71. The molecule has 1 aromatic rings. The van der Waals surface area contributed by atoms with Crippen molar-refractivity contribution in [1.82, 2.24) is 5.32 Å². The summed E-state index contributed by atoms with van der Waals surface area (Å²) in [5, 5.41) is 14.6. The lowest BCUT2D eigenvalue weighted by Gasteiger charge is -2.16. The van der Waals surface area contributed by atoms with Crippen LogP contribution in [0.1, 0.15) is 13.8 Å². The molecule has 104 valence electrons. The highest BCUT2D eigenvalue weighted by Gasteiger charge is 2.21. The number of carbonyl (C=O) groups is 2. The summed E-state index contributed by atoms with van der Waals surface area (Å²) in [6, 6.07) is 9.37. The number of para-hydroxylation sites is 1. The van der Waals surface area contributed by atoms with Crippen molar-refractivity contribution in [3.05, 3.63) is 30.3 Å². The minimum atomic E-state index is -0.883. The molecule has 0 spiro atoms. The highest BCUT2D eigenvalue weighted by Crippen LogP contribution is 2.09. The van der Waals surface area contributed by atoms with Crippen molar-refractivity contribution < 1.29 is 14.7 Å². The van der Waals surface area contributed by atoms with Gasteiger partial charge in [0.1, 0.15) is 0 Å². The average molecular weight is 264 g/mol. The van der Waals surface area contributed by atoms with E-state index in [2.05, 4.69) is 10.6 Å². The molecular formula is C14H20N2O3. The van der Waals surface area contributed by atoms with E-state index in [1.165, 1.54) is 0 Å². The first-order valence-electron chi connectivity index (χ1n) is 6.29. The zero-order valence-electron chi connectivity index (χ0n) is 11.2. The highest BCUT2D eigenvalue weighted by molar-refractivity contribution is 5.81. The summed E-state index contributed by atoms with van der Waals surface area (Å²) in [4.78, 5) is 22.6. The number of carboxylic acids is 1. The van der Waals surface area contributed by atoms with Gasteiger partial charge in [-0.05, 0) is 18.1 Å². The lowest BCUT2D eigenvalue weighted by atomic mass is 9.96. The standard InChI is InChI=1S/C14H20N2O3/c1-10(2)12(14(18)19)8-16-13(17)9-15-11-6-4-3-5-7-11/h3-7,10,12,15H,8-9H2,1-2H3,(H,16,17)(H,18,19). The molecule has 1 rings (SSSR count). The third kappa shape index (κ3) is 5.42. The van der Waals surface area contributed by atoms with Crippen LogP contribution < -0.4 is 10.6 Å². The van der Waals surface area contributed by atoms with Crippen LogP contribution in [0.5, 0.6) is 0 Å². The lowest BCUT2D eigenvalue weighted by molar-refractivity contribution is -0.143. The maximum Gasteiger partial charge on any atom is 0.308 e. The van der Waals surface area contributed by atoms with Gasteiger partial charge in [0.2, 0.25) is 5.91 Å². The van der Waals surface area contributed by atoms with Crippen LogP contribution in [0.2, 0.25) is 0 Å². The van der Waals surface area contributed by atoms with Gasteiger partial charge in [0.15, 0.2) is 0 Å². The van der Waals surface area contributed by atoms with E-state index in [1.807, 2.05) is 44.2 Å². The molecule has 0 radical (unpaired) electrons. The Balaban J connectivity index is 2.33. The second-order valence-electron chi connectivity index (χ2n) is 4.71. The van der Waals surface area contributed by atoms with E-state index in [4.69, 9.17) is 5.11 Å². The zero-order valence-corrected chi connectivity index (χ0v) is 11.2. The fourth-order valence-corrected chi connectivity index (χ4v) is 1.63. The van der Waals surface area contributed by atoms with Crippen molar-refractivity contribution in [1.29, 1.82) is 0 Å². The van der Waals surface area contributed by atoms with Crippen molar-refractivity contribution in [3.8, 4) is 0 Å². The van der Waals surface area contributed by atoms with Crippen molar-refractivity contribution in [2.24, 2.45) is 11.8 Å². The summed E-state index contributed by atoms with van der Waals surface area (Å²) >= 11 is 0. The summed E-state index contributed by atoms with van der Waals surface area (Å²) in [5.74, 6) is -1.66. The highest BCUT2D eigenvalue weighted by atomic mass is 16.4.